The number of thiophene rings is 1. The largest absolute Gasteiger partial charge is 0.310 e. The van der Waals surface area contributed by atoms with Gasteiger partial charge in [0.25, 0.3) is 0 Å². The van der Waals surface area contributed by atoms with Crippen LogP contribution in [0.5, 0.6) is 0 Å². The quantitative estimate of drug-likeness (QED) is 0.831. The Kier molecular flexibility index (Phi) is 5.61. The lowest BCUT2D eigenvalue weighted by Crippen LogP contribution is -2.36. The fourth-order valence-corrected chi connectivity index (χ4v) is 2.56. The van der Waals surface area contributed by atoms with E-state index in [0.717, 1.165) is 17.4 Å². The third kappa shape index (κ3) is 4.51. The van der Waals surface area contributed by atoms with Gasteiger partial charge in [-0.25, -0.2) is 0 Å². The van der Waals surface area contributed by atoms with E-state index >= 15 is 0 Å². The van der Waals surface area contributed by atoms with Crippen LogP contribution in [0.3, 0.4) is 0 Å². The summed E-state index contributed by atoms with van der Waals surface area (Å²) in [4.78, 5) is 3.56. The van der Waals surface area contributed by atoms with Crippen molar-refractivity contribution in [2.75, 3.05) is 20.6 Å². The van der Waals surface area contributed by atoms with Gasteiger partial charge in [-0.05, 0) is 32.6 Å². The molecule has 0 aliphatic carbocycles. The first kappa shape index (κ1) is 13.0. The van der Waals surface area contributed by atoms with Crippen molar-refractivity contribution >= 4 is 22.9 Å². The second kappa shape index (κ2) is 6.48. The molecule has 0 aliphatic rings. The van der Waals surface area contributed by atoms with Crippen LogP contribution in [0.15, 0.2) is 12.1 Å². The maximum Gasteiger partial charge on any atom is 0.0931 e. The minimum atomic E-state index is 0.612. The van der Waals surface area contributed by atoms with Gasteiger partial charge >= 0.3 is 0 Å². The first-order valence-corrected chi connectivity index (χ1v) is 6.44. The van der Waals surface area contributed by atoms with E-state index in [1.807, 2.05) is 6.07 Å². The Labute approximate surface area is 101 Å². The van der Waals surface area contributed by atoms with Gasteiger partial charge in [-0.3, -0.25) is 0 Å². The fourth-order valence-electron chi connectivity index (χ4n) is 1.50. The van der Waals surface area contributed by atoms with Crippen LogP contribution in [-0.2, 0) is 6.54 Å². The summed E-state index contributed by atoms with van der Waals surface area (Å²) in [6, 6.07) is 4.64. The Morgan fingerprint density at radius 3 is 2.67 bits per heavy atom. The summed E-state index contributed by atoms with van der Waals surface area (Å²) in [7, 11) is 4.25. The number of nitrogens with zero attached hydrogens (tertiary/aromatic N) is 1. The number of hydrogen-bond acceptors (Lipinski definition) is 3. The summed E-state index contributed by atoms with van der Waals surface area (Å²) < 4.78 is 0.867. The van der Waals surface area contributed by atoms with Gasteiger partial charge in [-0.15, -0.1) is 11.3 Å². The Morgan fingerprint density at radius 2 is 2.20 bits per heavy atom. The van der Waals surface area contributed by atoms with Crippen LogP contribution < -0.4 is 5.32 Å². The lowest BCUT2D eigenvalue weighted by Gasteiger charge is -2.22. The molecule has 1 aromatic heterocycles. The van der Waals surface area contributed by atoms with Crippen LogP contribution in [0.4, 0.5) is 0 Å². The highest BCUT2D eigenvalue weighted by Crippen LogP contribution is 2.20. The zero-order valence-corrected chi connectivity index (χ0v) is 11.2. The Balaban J connectivity index is 2.26. The van der Waals surface area contributed by atoms with Crippen LogP contribution in [0.1, 0.15) is 18.2 Å². The Morgan fingerprint density at radius 1 is 1.47 bits per heavy atom. The number of halogens is 1. The predicted octanol–water partition coefficient (Wildman–Crippen LogP) is 2.83. The maximum atomic E-state index is 5.86. The van der Waals surface area contributed by atoms with Crippen molar-refractivity contribution in [2.45, 2.75) is 25.9 Å². The standard InChI is InChI=1S/C11H19ClN2S/c1-4-9(14(2)3)7-13-8-10-5-6-11(12)15-10/h5-6,9,13H,4,7-8H2,1-3H3. The minimum Gasteiger partial charge on any atom is -0.310 e. The number of likely N-dealkylation sites (N-methyl/N-ethyl adjacent to an activating group) is 1. The Bertz CT molecular complexity index is 286. The van der Waals surface area contributed by atoms with Gasteiger partial charge < -0.3 is 10.2 Å². The van der Waals surface area contributed by atoms with Gasteiger partial charge in [0.1, 0.15) is 0 Å². The van der Waals surface area contributed by atoms with E-state index in [4.69, 9.17) is 11.6 Å². The maximum absolute atomic E-state index is 5.86. The van der Waals surface area contributed by atoms with Crippen molar-refractivity contribution in [3.8, 4) is 0 Å². The third-order valence-electron chi connectivity index (χ3n) is 2.51. The molecular weight excluding hydrogens is 228 g/mol. The van der Waals surface area contributed by atoms with Crippen molar-refractivity contribution in [3.63, 3.8) is 0 Å². The predicted molar refractivity (Wildman–Crippen MR) is 68.8 cm³/mol. The van der Waals surface area contributed by atoms with Crippen molar-refractivity contribution in [1.29, 1.82) is 0 Å². The zero-order chi connectivity index (χ0) is 11.3. The summed E-state index contributed by atoms with van der Waals surface area (Å²) in [6.07, 6.45) is 1.17. The molecule has 0 saturated heterocycles. The monoisotopic (exact) mass is 246 g/mol. The molecule has 0 fully saturated rings. The van der Waals surface area contributed by atoms with Gasteiger partial charge in [0.15, 0.2) is 0 Å². The molecule has 86 valence electrons. The van der Waals surface area contributed by atoms with Gasteiger partial charge in [-0.1, -0.05) is 18.5 Å². The molecule has 0 aromatic carbocycles. The highest BCUT2D eigenvalue weighted by molar-refractivity contribution is 7.16. The summed E-state index contributed by atoms with van der Waals surface area (Å²) in [5, 5.41) is 3.46. The van der Waals surface area contributed by atoms with E-state index in [0.29, 0.717) is 6.04 Å². The van der Waals surface area contributed by atoms with E-state index in [-0.39, 0.29) is 0 Å². The summed E-state index contributed by atoms with van der Waals surface area (Å²) in [6.45, 7) is 4.16. The first-order valence-electron chi connectivity index (χ1n) is 5.24. The molecule has 1 unspecified atom stereocenters. The molecule has 0 aliphatic heterocycles. The van der Waals surface area contributed by atoms with Crippen LogP contribution in [-0.4, -0.2) is 31.6 Å². The fraction of sp³-hybridized carbons (Fsp3) is 0.636. The van der Waals surface area contributed by atoms with Gasteiger partial charge in [0.2, 0.25) is 0 Å². The SMILES string of the molecule is CCC(CNCc1ccc(Cl)s1)N(C)C. The first-order chi connectivity index (χ1) is 7.13. The third-order valence-corrected chi connectivity index (χ3v) is 3.74. The molecule has 4 heteroatoms. The van der Waals surface area contributed by atoms with E-state index < -0.39 is 0 Å². The molecule has 1 heterocycles. The summed E-state index contributed by atoms with van der Waals surface area (Å²) in [5.41, 5.74) is 0. The van der Waals surface area contributed by atoms with E-state index in [1.165, 1.54) is 11.3 Å². The van der Waals surface area contributed by atoms with Gasteiger partial charge in [0.05, 0.1) is 4.34 Å². The molecule has 2 nitrogen and oxygen atoms in total. The lowest BCUT2D eigenvalue weighted by atomic mass is 10.2. The molecular formula is C11H19ClN2S. The molecule has 1 rings (SSSR count). The highest BCUT2D eigenvalue weighted by Gasteiger charge is 2.07. The lowest BCUT2D eigenvalue weighted by molar-refractivity contribution is 0.276. The van der Waals surface area contributed by atoms with E-state index in [1.54, 1.807) is 11.3 Å². The van der Waals surface area contributed by atoms with Crippen LogP contribution in [0.2, 0.25) is 4.34 Å². The van der Waals surface area contributed by atoms with Crippen molar-refractivity contribution in [3.05, 3.63) is 21.3 Å². The smallest absolute Gasteiger partial charge is 0.0931 e. The molecule has 0 spiro atoms. The van der Waals surface area contributed by atoms with Crippen LogP contribution in [0, 0.1) is 0 Å². The second-order valence-electron chi connectivity index (χ2n) is 3.86. The van der Waals surface area contributed by atoms with Crippen molar-refractivity contribution in [1.82, 2.24) is 10.2 Å². The van der Waals surface area contributed by atoms with E-state index in [9.17, 15) is 0 Å². The van der Waals surface area contributed by atoms with Crippen LogP contribution >= 0.6 is 22.9 Å². The van der Waals surface area contributed by atoms with Crippen LogP contribution in [0.25, 0.3) is 0 Å². The molecule has 1 atom stereocenters. The summed E-state index contributed by atoms with van der Waals surface area (Å²) in [5.74, 6) is 0. The van der Waals surface area contributed by atoms with E-state index in [2.05, 4.69) is 37.3 Å². The molecule has 0 bridgehead atoms. The minimum absolute atomic E-state index is 0.612. The van der Waals surface area contributed by atoms with Crippen molar-refractivity contribution in [2.24, 2.45) is 0 Å². The molecule has 0 saturated carbocycles. The molecule has 15 heavy (non-hydrogen) atoms. The van der Waals surface area contributed by atoms with Gasteiger partial charge in [0, 0.05) is 24.0 Å². The van der Waals surface area contributed by atoms with Crippen molar-refractivity contribution < 1.29 is 0 Å². The second-order valence-corrected chi connectivity index (χ2v) is 5.66. The highest BCUT2D eigenvalue weighted by atomic mass is 35.5. The molecule has 1 aromatic rings. The number of hydrogen-bond donors (Lipinski definition) is 1. The number of rotatable bonds is 6. The number of nitrogens with one attached hydrogen (secondary N) is 1. The van der Waals surface area contributed by atoms with Gasteiger partial charge in [-0.2, -0.15) is 0 Å². The molecule has 0 radical (unpaired) electrons. The zero-order valence-electron chi connectivity index (χ0n) is 9.59. The molecule has 0 amide bonds. The Hall–Kier alpha value is -0.0900. The normalized spacial score (nSPS) is 13.4. The average Bonchev–Trinajstić information content (AvgIpc) is 2.58. The molecule has 1 N–H and O–H groups in total. The summed E-state index contributed by atoms with van der Waals surface area (Å²) >= 11 is 7.51. The average molecular weight is 247 g/mol. The topological polar surface area (TPSA) is 15.3 Å².